The quantitative estimate of drug-likeness (QED) is 0.865. The van der Waals surface area contributed by atoms with Crippen molar-refractivity contribution in [3.63, 3.8) is 0 Å². The van der Waals surface area contributed by atoms with E-state index in [-0.39, 0.29) is 5.25 Å². The molecule has 2 aromatic carbocycles. The van der Waals surface area contributed by atoms with E-state index in [1.807, 2.05) is 30.3 Å². The summed E-state index contributed by atoms with van der Waals surface area (Å²) >= 11 is 7.98. The van der Waals surface area contributed by atoms with Gasteiger partial charge in [-0.05, 0) is 29.3 Å². The molecule has 0 fully saturated rings. The van der Waals surface area contributed by atoms with Gasteiger partial charge in [0.1, 0.15) is 5.75 Å². The molecule has 0 radical (unpaired) electrons. The number of ether oxygens (including phenoxy) is 1. The summed E-state index contributed by atoms with van der Waals surface area (Å²) < 4.78 is 5.17. The van der Waals surface area contributed by atoms with Crippen LogP contribution in [0.4, 0.5) is 0 Å². The highest BCUT2D eigenvalue weighted by Crippen LogP contribution is 2.33. The Hall–Kier alpha value is -1.16. The third-order valence-electron chi connectivity index (χ3n) is 3.10. The second-order valence-electron chi connectivity index (χ2n) is 4.40. The van der Waals surface area contributed by atoms with E-state index < -0.39 is 0 Å². The van der Waals surface area contributed by atoms with Gasteiger partial charge in [0.15, 0.2) is 0 Å². The van der Waals surface area contributed by atoms with E-state index in [4.69, 9.17) is 22.1 Å². The first-order valence-corrected chi connectivity index (χ1v) is 7.86. The number of hydrogen-bond acceptors (Lipinski definition) is 3. The van der Waals surface area contributed by atoms with Crippen LogP contribution in [0.1, 0.15) is 16.4 Å². The van der Waals surface area contributed by atoms with Crippen LogP contribution in [0, 0.1) is 0 Å². The molecule has 2 nitrogen and oxygen atoms in total. The van der Waals surface area contributed by atoms with Crippen LogP contribution in [-0.2, 0) is 5.75 Å². The maximum atomic E-state index is 6.18. The van der Waals surface area contributed by atoms with Crippen LogP contribution in [-0.4, -0.2) is 13.7 Å². The summed E-state index contributed by atoms with van der Waals surface area (Å²) in [5.74, 6) is 1.72. The van der Waals surface area contributed by atoms with Gasteiger partial charge in [0.2, 0.25) is 0 Å². The molecule has 0 amide bonds. The van der Waals surface area contributed by atoms with E-state index in [9.17, 15) is 0 Å². The lowest BCUT2D eigenvalue weighted by Crippen LogP contribution is -2.09. The molecular formula is C16H18ClNOS. The Bertz CT molecular complexity index is 544. The number of nitrogens with two attached hydrogens (primary N) is 1. The summed E-state index contributed by atoms with van der Waals surface area (Å²) in [6, 6.07) is 16.0. The summed E-state index contributed by atoms with van der Waals surface area (Å²) in [4.78, 5) is 0. The van der Waals surface area contributed by atoms with Gasteiger partial charge in [-0.2, -0.15) is 0 Å². The molecule has 2 aromatic rings. The van der Waals surface area contributed by atoms with E-state index in [2.05, 4.69) is 18.2 Å². The summed E-state index contributed by atoms with van der Waals surface area (Å²) in [7, 11) is 1.67. The Morgan fingerprint density at radius 2 is 1.85 bits per heavy atom. The van der Waals surface area contributed by atoms with Crippen LogP contribution in [0.2, 0.25) is 5.02 Å². The molecule has 0 bridgehead atoms. The summed E-state index contributed by atoms with van der Waals surface area (Å²) in [5.41, 5.74) is 8.25. The smallest absolute Gasteiger partial charge is 0.118 e. The Kier molecular flexibility index (Phi) is 5.77. The topological polar surface area (TPSA) is 35.2 Å². The minimum absolute atomic E-state index is 0.261. The largest absolute Gasteiger partial charge is 0.497 e. The molecule has 0 aliphatic heterocycles. The maximum Gasteiger partial charge on any atom is 0.118 e. The molecule has 0 aliphatic carbocycles. The highest BCUT2D eigenvalue weighted by molar-refractivity contribution is 7.98. The molecule has 0 spiro atoms. The van der Waals surface area contributed by atoms with Crippen molar-refractivity contribution in [2.45, 2.75) is 11.0 Å². The van der Waals surface area contributed by atoms with Crippen molar-refractivity contribution in [1.29, 1.82) is 0 Å². The van der Waals surface area contributed by atoms with E-state index in [1.54, 1.807) is 18.9 Å². The molecule has 0 heterocycles. The number of methoxy groups -OCH3 is 1. The third kappa shape index (κ3) is 3.92. The fourth-order valence-electron chi connectivity index (χ4n) is 1.92. The Morgan fingerprint density at radius 1 is 1.15 bits per heavy atom. The molecule has 0 aliphatic rings. The zero-order valence-electron chi connectivity index (χ0n) is 11.4. The minimum atomic E-state index is 0.261. The fraction of sp³-hybridized carbons (Fsp3) is 0.250. The molecular weight excluding hydrogens is 290 g/mol. The first-order chi connectivity index (χ1) is 9.74. The van der Waals surface area contributed by atoms with Gasteiger partial charge in [-0.3, -0.25) is 0 Å². The van der Waals surface area contributed by atoms with Crippen LogP contribution in [0.15, 0.2) is 48.5 Å². The Morgan fingerprint density at radius 3 is 2.45 bits per heavy atom. The van der Waals surface area contributed by atoms with Gasteiger partial charge < -0.3 is 10.5 Å². The number of thioether (sulfide) groups is 1. The van der Waals surface area contributed by atoms with E-state index in [1.165, 1.54) is 5.56 Å². The Labute approximate surface area is 129 Å². The molecule has 0 saturated carbocycles. The van der Waals surface area contributed by atoms with Crippen molar-refractivity contribution >= 4 is 23.4 Å². The molecule has 4 heteroatoms. The Balaban J connectivity index is 2.03. The first-order valence-electron chi connectivity index (χ1n) is 6.43. The standard InChI is InChI=1S/C16H18ClNOS/c1-19-14-8-6-12(7-9-14)16(10-18)20-11-13-4-2-3-5-15(13)17/h2-9,16H,10-11,18H2,1H3. The summed E-state index contributed by atoms with van der Waals surface area (Å²) in [6.07, 6.45) is 0. The van der Waals surface area contributed by atoms with Gasteiger partial charge in [0, 0.05) is 22.6 Å². The van der Waals surface area contributed by atoms with Crippen molar-refractivity contribution in [3.8, 4) is 5.75 Å². The van der Waals surface area contributed by atoms with Gasteiger partial charge in [-0.15, -0.1) is 11.8 Å². The number of hydrogen-bond donors (Lipinski definition) is 1. The summed E-state index contributed by atoms with van der Waals surface area (Å²) in [6.45, 7) is 0.599. The summed E-state index contributed by atoms with van der Waals surface area (Å²) in [5, 5.41) is 1.07. The molecule has 20 heavy (non-hydrogen) atoms. The lowest BCUT2D eigenvalue weighted by atomic mass is 10.1. The third-order valence-corrected chi connectivity index (χ3v) is 4.81. The van der Waals surface area contributed by atoms with Crippen LogP contribution in [0.3, 0.4) is 0 Å². The van der Waals surface area contributed by atoms with Crippen molar-refractivity contribution in [1.82, 2.24) is 0 Å². The molecule has 0 aromatic heterocycles. The monoisotopic (exact) mass is 307 g/mol. The second-order valence-corrected chi connectivity index (χ2v) is 6.00. The van der Waals surface area contributed by atoms with Crippen molar-refractivity contribution in [3.05, 3.63) is 64.7 Å². The molecule has 1 atom stereocenters. The van der Waals surface area contributed by atoms with Gasteiger partial charge in [0.25, 0.3) is 0 Å². The predicted molar refractivity (Wildman–Crippen MR) is 87.5 cm³/mol. The van der Waals surface area contributed by atoms with E-state index in [0.29, 0.717) is 6.54 Å². The van der Waals surface area contributed by atoms with E-state index in [0.717, 1.165) is 22.1 Å². The minimum Gasteiger partial charge on any atom is -0.497 e. The van der Waals surface area contributed by atoms with Gasteiger partial charge in [0.05, 0.1) is 7.11 Å². The molecule has 2 rings (SSSR count). The molecule has 1 unspecified atom stereocenters. The SMILES string of the molecule is COc1ccc(C(CN)SCc2ccccc2Cl)cc1. The van der Waals surface area contributed by atoms with Crippen LogP contribution < -0.4 is 10.5 Å². The highest BCUT2D eigenvalue weighted by Gasteiger charge is 2.11. The van der Waals surface area contributed by atoms with Gasteiger partial charge in [-0.25, -0.2) is 0 Å². The molecule has 0 saturated heterocycles. The predicted octanol–water partition coefficient (Wildman–Crippen LogP) is 4.28. The van der Waals surface area contributed by atoms with E-state index >= 15 is 0 Å². The van der Waals surface area contributed by atoms with Crippen LogP contribution in [0.25, 0.3) is 0 Å². The van der Waals surface area contributed by atoms with Crippen molar-refractivity contribution in [2.24, 2.45) is 5.73 Å². The molecule has 106 valence electrons. The van der Waals surface area contributed by atoms with Crippen molar-refractivity contribution < 1.29 is 4.74 Å². The maximum absolute atomic E-state index is 6.18. The van der Waals surface area contributed by atoms with Crippen LogP contribution in [0.5, 0.6) is 5.75 Å². The highest BCUT2D eigenvalue weighted by atomic mass is 35.5. The average molecular weight is 308 g/mol. The van der Waals surface area contributed by atoms with Crippen LogP contribution >= 0.6 is 23.4 Å². The lowest BCUT2D eigenvalue weighted by Gasteiger charge is -2.15. The lowest BCUT2D eigenvalue weighted by molar-refractivity contribution is 0.414. The zero-order chi connectivity index (χ0) is 14.4. The van der Waals surface area contributed by atoms with Gasteiger partial charge >= 0.3 is 0 Å². The first kappa shape index (κ1) is 15.2. The normalized spacial score (nSPS) is 12.2. The average Bonchev–Trinajstić information content (AvgIpc) is 2.50. The van der Waals surface area contributed by atoms with Gasteiger partial charge in [-0.1, -0.05) is 41.9 Å². The number of rotatable bonds is 6. The van der Waals surface area contributed by atoms with Crippen molar-refractivity contribution in [2.75, 3.05) is 13.7 Å². The zero-order valence-corrected chi connectivity index (χ0v) is 13.0. The second kappa shape index (κ2) is 7.58. The fourth-order valence-corrected chi connectivity index (χ4v) is 3.32. The number of benzene rings is 2. The molecule has 2 N–H and O–H groups in total. The number of halogens is 1.